The maximum Gasteiger partial charge on any atom is 0.418 e. The molecule has 16 heavy (non-hydrogen) atoms. The average molecular weight is 317 g/mol. The fourth-order valence-corrected chi connectivity index (χ4v) is 1.48. The van der Waals surface area contributed by atoms with Crippen LogP contribution >= 0.6 is 27.5 Å². The standard InChI is InChI=1S/C9H6BrClF3NO/c10-5-1-2-6(9(12,13)14)7(3-5)15-8(16)4-11/h1-3H,4H2,(H,15,16). The molecular weight excluding hydrogens is 310 g/mol. The van der Waals surface area contributed by atoms with Gasteiger partial charge in [-0.25, -0.2) is 0 Å². The predicted octanol–water partition coefficient (Wildman–Crippen LogP) is 3.65. The summed E-state index contributed by atoms with van der Waals surface area (Å²) in [5, 5.41) is 2.09. The van der Waals surface area contributed by atoms with E-state index in [0.29, 0.717) is 4.47 Å². The van der Waals surface area contributed by atoms with Crippen molar-refractivity contribution in [1.29, 1.82) is 0 Å². The number of hydrogen-bond donors (Lipinski definition) is 1. The zero-order valence-corrected chi connectivity index (χ0v) is 10.1. The van der Waals surface area contributed by atoms with Crippen molar-refractivity contribution < 1.29 is 18.0 Å². The van der Waals surface area contributed by atoms with Crippen molar-refractivity contribution in [2.75, 3.05) is 11.2 Å². The molecule has 0 aliphatic carbocycles. The Kier molecular flexibility index (Phi) is 4.21. The zero-order valence-electron chi connectivity index (χ0n) is 7.74. The summed E-state index contributed by atoms with van der Waals surface area (Å²) in [4.78, 5) is 10.9. The summed E-state index contributed by atoms with van der Waals surface area (Å²) in [6, 6.07) is 3.31. The fraction of sp³-hybridized carbons (Fsp3) is 0.222. The van der Waals surface area contributed by atoms with Gasteiger partial charge in [-0.1, -0.05) is 15.9 Å². The molecule has 0 fully saturated rings. The minimum absolute atomic E-state index is 0.312. The van der Waals surface area contributed by atoms with E-state index in [1.807, 2.05) is 0 Å². The molecule has 0 radical (unpaired) electrons. The quantitative estimate of drug-likeness (QED) is 0.829. The van der Waals surface area contributed by atoms with E-state index in [1.165, 1.54) is 12.1 Å². The van der Waals surface area contributed by atoms with Crippen molar-refractivity contribution in [1.82, 2.24) is 0 Å². The molecule has 0 saturated carbocycles. The number of carbonyl (C=O) groups excluding carboxylic acids is 1. The van der Waals surface area contributed by atoms with Gasteiger partial charge in [0, 0.05) is 4.47 Å². The van der Waals surface area contributed by atoms with Crippen molar-refractivity contribution in [3.05, 3.63) is 28.2 Å². The van der Waals surface area contributed by atoms with Crippen LogP contribution in [-0.4, -0.2) is 11.8 Å². The molecule has 1 aromatic carbocycles. The van der Waals surface area contributed by atoms with Crippen LogP contribution in [0.15, 0.2) is 22.7 Å². The van der Waals surface area contributed by atoms with Crippen molar-refractivity contribution in [3.63, 3.8) is 0 Å². The monoisotopic (exact) mass is 315 g/mol. The minimum Gasteiger partial charge on any atom is -0.324 e. The first-order chi connectivity index (χ1) is 7.34. The van der Waals surface area contributed by atoms with Crippen LogP contribution in [0.5, 0.6) is 0 Å². The van der Waals surface area contributed by atoms with Crippen LogP contribution in [0.2, 0.25) is 0 Å². The third-order valence-corrected chi connectivity index (χ3v) is 2.42. The number of anilines is 1. The Bertz CT molecular complexity index is 408. The summed E-state index contributed by atoms with van der Waals surface area (Å²) in [5.74, 6) is -1.09. The molecule has 0 aliphatic heterocycles. The molecule has 0 aromatic heterocycles. The van der Waals surface area contributed by atoms with Gasteiger partial charge in [0.15, 0.2) is 0 Å². The van der Waals surface area contributed by atoms with Crippen molar-refractivity contribution >= 4 is 39.1 Å². The van der Waals surface area contributed by atoms with Crippen molar-refractivity contribution in [2.45, 2.75) is 6.18 Å². The summed E-state index contributed by atoms with van der Waals surface area (Å²) in [6.07, 6.45) is -4.52. The Morgan fingerprint density at radius 3 is 2.56 bits per heavy atom. The lowest BCUT2D eigenvalue weighted by molar-refractivity contribution is -0.137. The first-order valence-electron chi connectivity index (χ1n) is 4.07. The molecule has 0 unspecified atom stereocenters. The Hall–Kier alpha value is -0.750. The van der Waals surface area contributed by atoms with E-state index in [2.05, 4.69) is 21.2 Å². The number of rotatable bonds is 2. The molecule has 0 atom stereocenters. The molecule has 1 aromatic rings. The van der Waals surface area contributed by atoms with Crippen LogP contribution in [0, 0.1) is 0 Å². The smallest absolute Gasteiger partial charge is 0.324 e. The second-order valence-corrected chi connectivity index (χ2v) is 4.05. The van der Waals surface area contributed by atoms with E-state index in [0.717, 1.165) is 6.07 Å². The van der Waals surface area contributed by atoms with Gasteiger partial charge in [-0.3, -0.25) is 4.79 Å². The normalized spacial score (nSPS) is 11.3. The molecule has 7 heteroatoms. The van der Waals surface area contributed by atoms with Crippen LogP contribution in [0.3, 0.4) is 0 Å². The van der Waals surface area contributed by atoms with Crippen molar-refractivity contribution in [2.24, 2.45) is 0 Å². The van der Waals surface area contributed by atoms with Crippen LogP contribution in [0.1, 0.15) is 5.56 Å². The summed E-state index contributed by atoms with van der Waals surface area (Å²) in [6.45, 7) is 0. The Morgan fingerprint density at radius 1 is 1.44 bits per heavy atom. The second-order valence-electron chi connectivity index (χ2n) is 2.87. The number of benzene rings is 1. The van der Waals surface area contributed by atoms with Crippen LogP contribution < -0.4 is 5.32 Å². The van der Waals surface area contributed by atoms with Crippen LogP contribution in [0.4, 0.5) is 18.9 Å². The highest BCUT2D eigenvalue weighted by Crippen LogP contribution is 2.36. The molecule has 1 N–H and O–H groups in total. The molecule has 1 amide bonds. The Balaban J connectivity index is 3.13. The highest BCUT2D eigenvalue weighted by atomic mass is 79.9. The Labute approximate surface area is 103 Å². The van der Waals surface area contributed by atoms with Gasteiger partial charge in [0.2, 0.25) is 5.91 Å². The van der Waals surface area contributed by atoms with E-state index < -0.39 is 23.5 Å². The third-order valence-electron chi connectivity index (χ3n) is 1.68. The fourth-order valence-electron chi connectivity index (χ4n) is 1.05. The molecule has 0 aliphatic rings. The zero-order chi connectivity index (χ0) is 12.3. The molecule has 2 nitrogen and oxygen atoms in total. The van der Waals surface area contributed by atoms with Crippen LogP contribution in [0.25, 0.3) is 0 Å². The maximum atomic E-state index is 12.5. The summed E-state index contributed by atoms with van der Waals surface area (Å²) in [5.41, 5.74) is -1.22. The van der Waals surface area contributed by atoms with Gasteiger partial charge < -0.3 is 5.32 Å². The molecule has 0 spiro atoms. The highest BCUT2D eigenvalue weighted by Gasteiger charge is 2.33. The molecule has 0 saturated heterocycles. The number of amides is 1. The first kappa shape index (κ1) is 13.3. The molecule has 88 valence electrons. The average Bonchev–Trinajstić information content (AvgIpc) is 2.15. The lowest BCUT2D eigenvalue weighted by Gasteiger charge is -2.13. The number of halogens is 5. The number of carbonyl (C=O) groups is 1. The Morgan fingerprint density at radius 2 is 2.06 bits per heavy atom. The second kappa shape index (κ2) is 5.05. The number of nitrogens with one attached hydrogen (secondary N) is 1. The van der Waals surface area contributed by atoms with E-state index in [-0.39, 0.29) is 5.69 Å². The SMILES string of the molecule is O=C(CCl)Nc1cc(Br)ccc1C(F)(F)F. The predicted molar refractivity (Wildman–Crippen MR) is 58.5 cm³/mol. The van der Waals surface area contributed by atoms with E-state index in [9.17, 15) is 18.0 Å². The topological polar surface area (TPSA) is 29.1 Å². The molecule has 0 bridgehead atoms. The lowest BCUT2D eigenvalue weighted by Crippen LogP contribution is -2.17. The molecule has 1 rings (SSSR count). The largest absolute Gasteiger partial charge is 0.418 e. The van der Waals surface area contributed by atoms with Crippen molar-refractivity contribution in [3.8, 4) is 0 Å². The summed E-state index contributed by atoms with van der Waals surface area (Å²) < 4.78 is 38.0. The van der Waals surface area contributed by atoms with Gasteiger partial charge in [0.05, 0.1) is 11.3 Å². The van der Waals surface area contributed by atoms with E-state index >= 15 is 0 Å². The van der Waals surface area contributed by atoms with E-state index in [4.69, 9.17) is 11.6 Å². The first-order valence-corrected chi connectivity index (χ1v) is 5.40. The van der Waals surface area contributed by atoms with Gasteiger partial charge in [0.1, 0.15) is 5.88 Å². The molecule has 0 heterocycles. The van der Waals surface area contributed by atoms with E-state index in [1.54, 1.807) is 0 Å². The highest BCUT2D eigenvalue weighted by molar-refractivity contribution is 9.10. The van der Waals surface area contributed by atoms with Gasteiger partial charge in [-0.2, -0.15) is 13.2 Å². The van der Waals surface area contributed by atoms with Gasteiger partial charge >= 0.3 is 6.18 Å². The number of hydrogen-bond acceptors (Lipinski definition) is 1. The number of alkyl halides is 4. The lowest BCUT2D eigenvalue weighted by atomic mass is 10.1. The minimum atomic E-state index is -4.52. The molecular formula is C9H6BrClF3NO. The maximum absolute atomic E-state index is 12.5. The van der Waals surface area contributed by atoms with Gasteiger partial charge in [0.25, 0.3) is 0 Å². The van der Waals surface area contributed by atoms with Gasteiger partial charge in [-0.15, -0.1) is 11.6 Å². The van der Waals surface area contributed by atoms with Gasteiger partial charge in [-0.05, 0) is 18.2 Å². The van der Waals surface area contributed by atoms with Crippen LogP contribution in [-0.2, 0) is 11.0 Å². The third kappa shape index (κ3) is 3.38. The summed E-state index contributed by atoms with van der Waals surface area (Å²) >= 11 is 8.23. The summed E-state index contributed by atoms with van der Waals surface area (Å²) in [7, 11) is 0.